The van der Waals surface area contributed by atoms with Gasteiger partial charge in [0.1, 0.15) is 5.71 Å². The van der Waals surface area contributed by atoms with Gasteiger partial charge in [-0.25, -0.2) is 5.56 Å². The molecule has 1 atom stereocenters. The summed E-state index contributed by atoms with van der Waals surface area (Å²) in [5, 5.41) is 4.35. The molecular formula is C20H23NO2SY4-2. The zero-order chi connectivity index (χ0) is 17.3. The number of thiophene rings is 1. The first kappa shape index (κ1) is 32.9. The standard InChI is InChI=1S/C20H23NO2S.4Y/c1-13-8-6-7-9-17(13)11-22-12-20(5)10-18(21-23-20)19-15(3)14(2)16(4)24-19;;;;/h6-7H,10-12H2,1-5H3;;;;/q-2;;;;. The molecule has 1 aromatic carbocycles. The summed E-state index contributed by atoms with van der Waals surface area (Å²) in [7, 11) is 0. The van der Waals surface area contributed by atoms with E-state index >= 15 is 0 Å². The maximum absolute atomic E-state index is 5.88. The van der Waals surface area contributed by atoms with Crippen LogP contribution in [0, 0.1) is 39.8 Å². The second-order valence-corrected chi connectivity index (χ2v) is 7.94. The van der Waals surface area contributed by atoms with Crippen LogP contribution in [-0.4, -0.2) is 17.9 Å². The third-order valence-electron chi connectivity index (χ3n) is 4.61. The monoisotopic (exact) mass is 697 g/mol. The maximum atomic E-state index is 5.88. The van der Waals surface area contributed by atoms with Crippen molar-refractivity contribution in [3.63, 3.8) is 0 Å². The van der Waals surface area contributed by atoms with E-state index in [1.165, 1.54) is 20.9 Å². The van der Waals surface area contributed by atoms with E-state index in [-0.39, 0.29) is 131 Å². The van der Waals surface area contributed by atoms with Gasteiger partial charge < -0.3 is 21.7 Å². The third kappa shape index (κ3) is 8.28. The Labute approximate surface area is 273 Å². The summed E-state index contributed by atoms with van der Waals surface area (Å²) in [5.74, 6) is 0. The van der Waals surface area contributed by atoms with Crippen LogP contribution in [0.4, 0.5) is 0 Å². The molecule has 3 nitrogen and oxygen atoms in total. The van der Waals surface area contributed by atoms with E-state index in [0.29, 0.717) is 13.2 Å². The van der Waals surface area contributed by atoms with Crippen LogP contribution in [0.2, 0.25) is 0 Å². The molecule has 3 rings (SSSR count). The molecule has 8 heteroatoms. The van der Waals surface area contributed by atoms with Crippen molar-refractivity contribution < 1.29 is 140 Å². The van der Waals surface area contributed by atoms with E-state index in [0.717, 1.165) is 23.3 Å². The van der Waals surface area contributed by atoms with Crippen molar-refractivity contribution in [1.82, 2.24) is 0 Å². The Hall–Kier alpha value is 2.77. The van der Waals surface area contributed by atoms with Crippen molar-refractivity contribution >= 4 is 17.0 Å². The van der Waals surface area contributed by atoms with Crippen LogP contribution in [0.3, 0.4) is 0 Å². The van der Waals surface area contributed by atoms with Gasteiger partial charge in [-0.2, -0.15) is 0 Å². The minimum atomic E-state index is -0.403. The van der Waals surface area contributed by atoms with E-state index in [1.54, 1.807) is 11.3 Å². The quantitative estimate of drug-likeness (QED) is 0.426. The smallest absolute Gasteiger partial charge is 0.163 e. The first-order valence-corrected chi connectivity index (χ1v) is 8.99. The normalized spacial score (nSPS) is 17.2. The predicted octanol–water partition coefficient (Wildman–Crippen LogP) is 4.67. The van der Waals surface area contributed by atoms with Gasteiger partial charge in [-0.3, -0.25) is 17.7 Å². The Balaban J connectivity index is 0. The van der Waals surface area contributed by atoms with Crippen LogP contribution < -0.4 is 0 Å². The second-order valence-electron chi connectivity index (χ2n) is 6.71. The van der Waals surface area contributed by atoms with E-state index in [4.69, 9.17) is 9.57 Å². The first-order chi connectivity index (χ1) is 11.4. The second kappa shape index (κ2) is 14.8. The van der Waals surface area contributed by atoms with Crippen molar-refractivity contribution in [2.24, 2.45) is 5.16 Å². The molecule has 2 heterocycles. The van der Waals surface area contributed by atoms with Crippen LogP contribution in [0.5, 0.6) is 0 Å². The topological polar surface area (TPSA) is 30.8 Å². The molecule has 1 unspecified atom stereocenters. The molecular weight excluding hydrogens is 674 g/mol. The maximum Gasteiger partial charge on any atom is 0.163 e. The van der Waals surface area contributed by atoms with Gasteiger partial charge in [0.2, 0.25) is 0 Å². The molecule has 4 radical (unpaired) electrons. The number of oxime groups is 1. The molecule has 0 saturated heterocycles. The molecule has 1 aliphatic heterocycles. The fourth-order valence-electron chi connectivity index (χ4n) is 2.82. The fraction of sp³-hybridized carbons (Fsp3) is 0.450. The Morgan fingerprint density at radius 2 is 1.71 bits per heavy atom. The molecule has 0 saturated carbocycles. The number of benzene rings is 1. The minimum Gasteiger partial charge on any atom is -0.387 e. The van der Waals surface area contributed by atoms with Crippen LogP contribution in [0.25, 0.3) is 0 Å². The summed E-state index contributed by atoms with van der Waals surface area (Å²) >= 11 is 1.80. The van der Waals surface area contributed by atoms with Gasteiger partial charge in [-0.15, -0.1) is 18.3 Å². The molecule has 0 aliphatic carbocycles. The van der Waals surface area contributed by atoms with Gasteiger partial charge in [0.15, 0.2) is 5.60 Å². The molecule has 2 aromatic rings. The van der Waals surface area contributed by atoms with Gasteiger partial charge in [-0.05, 0) is 38.8 Å². The summed E-state index contributed by atoms with van der Waals surface area (Å²) in [5.41, 5.74) is 5.42. The van der Waals surface area contributed by atoms with Gasteiger partial charge in [-0.1, -0.05) is 5.16 Å². The van der Waals surface area contributed by atoms with Crippen molar-refractivity contribution in [3.8, 4) is 0 Å². The van der Waals surface area contributed by atoms with E-state index in [1.807, 2.05) is 19.1 Å². The average molecular weight is 697 g/mol. The van der Waals surface area contributed by atoms with Gasteiger partial charge >= 0.3 is 0 Å². The molecule has 1 aromatic heterocycles. The van der Waals surface area contributed by atoms with Gasteiger partial charge in [0.25, 0.3) is 0 Å². The molecule has 0 amide bonds. The Bertz CT molecular complexity index is 795. The first-order valence-electron chi connectivity index (χ1n) is 8.17. The van der Waals surface area contributed by atoms with Crippen LogP contribution in [-0.2, 0) is 147 Å². The van der Waals surface area contributed by atoms with Crippen molar-refractivity contribution in [2.45, 2.75) is 53.2 Å². The molecule has 0 bridgehead atoms. The molecule has 0 fully saturated rings. The average Bonchev–Trinajstić information content (AvgIpc) is 3.05. The van der Waals surface area contributed by atoms with E-state index in [2.05, 4.69) is 45.0 Å². The summed E-state index contributed by atoms with van der Waals surface area (Å²) < 4.78 is 5.88. The fourth-order valence-corrected chi connectivity index (χ4v) is 3.97. The number of nitrogens with zero attached hydrogens (tertiary/aromatic N) is 1. The van der Waals surface area contributed by atoms with Crippen LogP contribution in [0.1, 0.15) is 45.4 Å². The largest absolute Gasteiger partial charge is 0.387 e. The summed E-state index contributed by atoms with van der Waals surface area (Å²) in [6.07, 6.45) is 0.775. The minimum absolute atomic E-state index is 0. The van der Waals surface area contributed by atoms with Crippen LogP contribution in [0.15, 0.2) is 17.3 Å². The van der Waals surface area contributed by atoms with Gasteiger partial charge in [0.05, 0.1) is 11.5 Å². The molecule has 28 heavy (non-hydrogen) atoms. The molecule has 0 spiro atoms. The summed E-state index contributed by atoms with van der Waals surface area (Å²) in [6.45, 7) is 11.6. The van der Waals surface area contributed by atoms with E-state index in [9.17, 15) is 0 Å². The van der Waals surface area contributed by atoms with Crippen LogP contribution >= 0.6 is 11.3 Å². The molecule has 140 valence electrons. The molecule has 1 aliphatic rings. The molecule has 0 N–H and O–H groups in total. The Kier molecular flexibility index (Phi) is 17.4. The number of ether oxygens (including phenoxy) is 1. The number of aryl methyl sites for hydroxylation is 2. The van der Waals surface area contributed by atoms with E-state index < -0.39 is 5.60 Å². The number of rotatable bonds is 5. The number of hydrogen-bond acceptors (Lipinski definition) is 4. The zero-order valence-corrected chi connectivity index (χ0v) is 29.4. The van der Waals surface area contributed by atoms with Crippen molar-refractivity contribution in [3.05, 3.63) is 56.3 Å². The summed E-state index contributed by atoms with van der Waals surface area (Å²) in [6, 6.07) is 10.1. The Morgan fingerprint density at radius 3 is 2.29 bits per heavy atom. The third-order valence-corrected chi connectivity index (χ3v) is 5.97. The number of hydrogen-bond donors (Lipinski definition) is 0. The summed E-state index contributed by atoms with van der Waals surface area (Å²) in [4.78, 5) is 8.33. The zero-order valence-electron chi connectivity index (χ0n) is 17.3. The van der Waals surface area contributed by atoms with Gasteiger partial charge in [0, 0.05) is 149 Å². The predicted molar refractivity (Wildman–Crippen MR) is 97.7 cm³/mol. The SMILES string of the molecule is Cc1[c-]cc[c-]c1COCC1(C)CC(c2sc(C)c(C)c2C)=NO1.[Y].[Y].[Y].[Y]. The Morgan fingerprint density at radius 1 is 1.07 bits per heavy atom. The van der Waals surface area contributed by atoms with Crippen molar-refractivity contribution in [2.75, 3.05) is 6.61 Å². The van der Waals surface area contributed by atoms with Crippen molar-refractivity contribution in [1.29, 1.82) is 0 Å².